The number of aromatic nitrogens is 1. The van der Waals surface area contributed by atoms with E-state index in [1.54, 1.807) is 6.20 Å². The van der Waals surface area contributed by atoms with Gasteiger partial charge in [-0.1, -0.05) is 51.1 Å². The molecule has 0 bridgehead atoms. The number of nitrogens with zero attached hydrogens (tertiary/aromatic N) is 1. The van der Waals surface area contributed by atoms with Gasteiger partial charge in [0, 0.05) is 0 Å². The second-order valence-electron chi connectivity index (χ2n) is 5.26. The van der Waals surface area contributed by atoms with E-state index in [0.717, 1.165) is 11.1 Å². The summed E-state index contributed by atoms with van der Waals surface area (Å²) in [5, 5.41) is 3.77. The zero-order valence-corrected chi connectivity index (χ0v) is 11.4. The quantitative estimate of drug-likeness (QED) is 0.881. The number of nitrogens with two attached hydrogens (primary N) is 1. The summed E-state index contributed by atoms with van der Waals surface area (Å²) in [5.41, 5.74) is 10.4. The Morgan fingerprint density at radius 3 is 2.28 bits per heavy atom. The molecular weight excluding hydrogens is 224 g/mol. The first kappa shape index (κ1) is 12.7. The minimum absolute atomic E-state index is 0.387. The van der Waals surface area contributed by atoms with Crippen molar-refractivity contribution in [3.05, 3.63) is 35.5 Å². The molecule has 1 aromatic heterocycles. The van der Waals surface area contributed by atoms with Crippen LogP contribution in [0.1, 0.15) is 50.7 Å². The van der Waals surface area contributed by atoms with Crippen molar-refractivity contribution in [2.24, 2.45) is 0 Å². The molecule has 0 unspecified atom stereocenters. The molecule has 0 radical (unpaired) electrons. The lowest BCUT2D eigenvalue weighted by molar-refractivity contribution is 0.436. The molecule has 96 valence electrons. The molecule has 1 aromatic carbocycles. The van der Waals surface area contributed by atoms with E-state index in [4.69, 9.17) is 10.3 Å². The van der Waals surface area contributed by atoms with Crippen LogP contribution in [0.4, 0.5) is 5.88 Å². The van der Waals surface area contributed by atoms with Crippen LogP contribution in [0.3, 0.4) is 0 Å². The molecule has 0 aliphatic rings. The van der Waals surface area contributed by atoms with Crippen molar-refractivity contribution in [1.29, 1.82) is 0 Å². The largest absolute Gasteiger partial charge is 0.367 e. The monoisotopic (exact) mass is 244 g/mol. The summed E-state index contributed by atoms with van der Waals surface area (Å²) in [6.07, 6.45) is 1.70. The Morgan fingerprint density at radius 1 is 1.06 bits per heavy atom. The predicted octanol–water partition coefficient (Wildman–Crippen LogP) is 4.17. The molecule has 0 saturated heterocycles. The molecule has 2 rings (SSSR count). The van der Waals surface area contributed by atoms with Crippen molar-refractivity contribution in [3.63, 3.8) is 0 Å². The van der Waals surface area contributed by atoms with Crippen LogP contribution < -0.4 is 5.73 Å². The molecule has 18 heavy (non-hydrogen) atoms. The van der Waals surface area contributed by atoms with Gasteiger partial charge in [-0.25, -0.2) is 0 Å². The maximum Gasteiger partial charge on any atom is 0.229 e. The molecular formula is C15H20N2O. The number of anilines is 1. The van der Waals surface area contributed by atoms with Gasteiger partial charge in [-0.05, 0) is 28.5 Å². The topological polar surface area (TPSA) is 52.0 Å². The molecule has 0 spiro atoms. The minimum Gasteiger partial charge on any atom is -0.367 e. The lowest BCUT2D eigenvalue weighted by Crippen LogP contribution is -1.97. The molecule has 0 aliphatic heterocycles. The summed E-state index contributed by atoms with van der Waals surface area (Å²) in [4.78, 5) is 0. The van der Waals surface area contributed by atoms with E-state index < -0.39 is 0 Å². The normalized spacial score (nSPS) is 11.4. The first-order valence-electron chi connectivity index (χ1n) is 6.35. The summed E-state index contributed by atoms with van der Waals surface area (Å²) >= 11 is 0. The number of hydrogen-bond acceptors (Lipinski definition) is 3. The van der Waals surface area contributed by atoms with Crippen LogP contribution in [-0.4, -0.2) is 5.16 Å². The summed E-state index contributed by atoms with van der Waals surface area (Å²) in [5.74, 6) is 1.32. The molecule has 0 aliphatic carbocycles. The van der Waals surface area contributed by atoms with Crippen LogP contribution in [0.15, 0.2) is 28.9 Å². The molecule has 3 nitrogen and oxygen atoms in total. The standard InChI is InChI=1S/C15H20N2O/c1-9(2)11-5-6-12(10(3)4)13(7-11)14-8-17-18-15(14)16/h5-10H,16H2,1-4H3. The van der Waals surface area contributed by atoms with Crippen molar-refractivity contribution in [2.45, 2.75) is 39.5 Å². The summed E-state index contributed by atoms with van der Waals surface area (Å²) in [6.45, 7) is 8.73. The maximum atomic E-state index is 5.84. The van der Waals surface area contributed by atoms with E-state index in [9.17, 15) is 0 Å². The van der Waals surface area contributed by atoms with Gasteiger partial charge < -0.3 is 10.3 Å². The fourth-order valence-electron chi connectivity index (χ4n) is 2.12. The SMILES string of the molecule is CC(C)c1ccc(C(C)C)c(-c2cnoc2N)c1. The Bertz CT molecular complexity index is 541. The van der Waals surface area contributed by atoms with Gasteiger partial charge in [0.25, 0.3) is 0 Å². The van der Waals surface area contributed by atoms with Crippen LogP contribution in [-0.2, 0) is 0 Å². The number of hydrogen-bond donors (Lipinski definition) is 1. The molecule has 0 fully saturated rings. The smallest absolute Gasteiger partial charge is 0.229 e. The highest BCUT2D eigenvalue weighted by molar-refractivity contribution is 5.75. The molecule has 0 amide bonds. The molecule has 0 saturated carbocycles. The first-order chi connectivity index (χ1) is 8.50. The molecule has 2 aromatic rings. The Kier molecular flexibility index (Phi) is 3.41. The zero-order valence-electron chi connectivity index (χ0n) is 11.4. The van der Waals surface area contributed by atoms with Crippen molar-refractivity contribution < 1.29 is 4.52 Å². The van der Waals surface area contributed by atoms with Gasteiger partial charge in [0.2, 0.25) is 5.88 Å². The third-order valence-electron chi connectivity index (χ3n) is 3.25. The predicted molar refractivity (Wildman–Crippen MR) is 74.5 cm³/mol. The van der Waals surface area contributed by atoms with Gasteiger partial charge in [-0.2, -0.15) is 0 Å². The highest BCUT2D eigenvalue weighted by Gasteiger charge is 2.15. The Morgan fingerprint density at radius 2 is 1.78 bits per heavy atom. The molecule has 0 atom stereocenters. The maximum absolute atomic E-state index is 5.84. The van der Waals surface area contributed by atoms with Gasteiger partial charge in [-0.3, -0.25) is 0 Å². The van der Waals surface area contributed by atoms with Crippen molar-refractivity contribution >= 4 is 5.88 Å². The second kappa shape index (κ2) is 4.84. The third kappa shape index (κ3) is 2.26. The van der Waals surface area contributed by atoms with Crippen LogP contribution in [0.25, 0.3) is 11.1 Å². The van der Waals surface area contributed by atoms with Crippen LogP contribution >= 0.6 is 0 Å². The zero-order chi connectivity index (χ0) is 13.3. The van der Waals surface area contributed by atoms with Gasteiger partial charge >= 0.3 is 0 Å². The molecule has 1 heterocycles. The average Bonchev–Trinajstić information content (AvgIpc) is 2.74. The number of benzene rings is 1. The lowest BCUT2D eigenvalue weighted by Gasteiger charge is -2.15. The van der Waals surface area contributed by atoms with Crippen LogP contribution in [0.2, 0.25) is 0 Å². The summed E-state index contributed by atoms with van der Waals surface area (Å²) < 4.78 is 4.98. The van der Waals surface area contributed by atoms with E-state index in [1.165, 1.54) is 11.1 Å². The van der Waals surface area contributed by atoms with Crippen molar-refractivity contribution in [1.82, 2.24) is 5.16 Å². The van der Waals surface area contributed by atoms with E-state index in [0.29, 0.717) is 17.7 Å². The van der Waals surface area contributed by atoms with Gasteiger partial charge in [-0.15, -0.1) is 0 Å². The van der Waals surface area contributed by atoms with Gasteiger partial charge in [0.15, 0.2) is 0 Å². The van der Waals surface area contributed by atoms with E-state index in [2.05, 4.69) is 51.1 Å². The van der Waals surface area contributed by atoms with Crippen LogP contribution in [0, 0.1) is 0 Å². The third-order valence-corrected chi connectivity index (χ3v) is 3.25. The highest BCUT2D eigenvalue weighted by atomic mass is 16.5. The fourth-order valence-corrected chi connectivity index (χ4v) is 2.12. The van der Waals surface area contributed by atoms with Gasteiger partial charge in [0.05, 0.1) is 11.8 Å². The molecule has 3 heteroatoms. The Balaban J connectivity index is 2.61. The average molecular weight is 244 g/mol. The first-order valence-corrected chi connectivity index (χ1v) is 6.35. The van der Waals surface area contributed by atoms with Crippen molar-refractivity contribution in [2.75, 3.05) is 5.73 Å². The number of nitrogen functional groups attached to an aromatic ring is 1. The summed E-state index contributed by atoms with van der Waals surface area (Å²) in [6, 6.07) is 6.57. The van der Waals surface area contributed by atoms with Gasteiger partial charge in [0.1, 0.15) is 0 Å². The second-order valence-corrected chi connectivity index (χ2v) is 5.26. The van der Waals surface area contributed by atoms with E-state index in [-0.39, 0.29) is 0 Å². The van der Waals surface area contributed by atoms with E-state index >= 15 is 0 Å². The van der Waals surface area contributed by atoms with Crippen molar-refractivity contribution in [3.8, 4) is 11.1 Å². The Hall–Kier alpha value is -1.77. The van der Waals surface area contributed by atoms with E-state index in [1.807, 2.05) is 0 Å². The lowest BCUT2D eigenvalue weighted by atomic mass is 9.89. The minimum atomic E-state index is 0.387. The number of rotatable bonds is 3. The Labute approximate surface area is 108 Å². The van der Waals surface area contributed by atoms with Crippen LogP contribution in [0.5, 0.6) is 0 Å². The molecule has 2 N–H and O–H groups in total. The summed E-state index contributed by atoms with van der Waals surface area (Å²) in [7, 11) is 0. The fraction of sp³-hybridized carbons (Fsp3) is 0.400. The highest BCUT2D eigenvalue weighted by Crippen LogP contribution is 2.34.